The van der Waals surface area contributed by atoms with Crippen LogP contribution in [-0.2, 0) is 10.2 Å². The topological polar surface area (TPSA) is 57.5 Å². The summed E-state index contributed by atoms with van der Waals surface area (Å²) in [6.45, 7) is 1.72. The van der Waals surface area contributed by atoms with Crippen LogP contribution in [0.4, 0.5) is 0 Å². The zero-order valence-electron chi connectivity index (χ0n) is 8.81. The first kappa shape index (κ1) is 11.7. The van der Waals surface area contributed by atoms with Gasteiger partial charge in [-0.05, 0) is 25.3 Å². The summed E-state index contributed by atoms with van der Waals surface area (Å²) in [5, 5.41) is 18.0. The molecule has 0 fully saturated rings. The molecule has 0 spiro atoms. The van der Waals surface area contributed by atoms with E-state index in [0.29, 0.717) is 12.8 Å². The van der Waals surface area contributed by atoms with Crippen LogP contribution in [0.2, 0.25) is 0 Å². The molecule has 0 aromatic heterocycles. The minimum absolute atomic E-state index is 0.0235. The number of aliphatic hydroxyl groups is 1. The Hall–Kier alpha value is -1.35. The van der Waals surface area contributed by atoms with Crippen LogP contribution in [0.5, 0.6) is 0 Å². The molecule has 0 radical (unpaired) electrons. The quantitative estimate of drug-likeness (QED) is 0.775. The number of aliphatic hydroxyl groups excluding tert-OH is 1. The van der Waals surface area contributed by atoms with Crippen molar-refractivity contribution in [3.8, 4) is 0 Å². The van der Waals surface area contributed by atoms with Crippen LogP contribution in [0.15, 0.2) is 30.3 Å². The summed E-state index contributed by atoms with van der Waals surface area (Å²) in [6, 6.07) is 9.14. The van der Waals surface area contributed by atoms with E-state index in [1.54, 1.807) is 6.92 Å². The van der Waals surface area contributed by atoms with E-state index < -0.39 is 11.4 Å². The first-order valence-electron chi connectivity index (χ1n) is 5.01. The largest absolute Gasteiger partial charge is 0.481 e. The van der Waals surface area contributed by atoms with Gasteiger partial charge in [0.2, 0.25) is 0 Å². The summed E-state index contributed by atoms with van der Waals surface area (Å²) in [4.78, 5) is 11.2. The molecule has 3 heteroatoms. The van der Waals surface area contributed by atoms with Crippen LogP contribution < -0.4 is 0 Å². The van der Waals surface area contributed by atoms with Gasteiger partial charge < -0.3 is 10.2 Å². The molecule has 15 heavy (non-hydrogen) atoms. The first-order valence-corrected chi connectivity index (χ1v) is 5.01. The Morgan fingerprint density at radius 2 is 1.93 bits per heavy atom. The fourth-order valence-corrected chi connectivity index (χ4v) is 1.61. The standard InChI is InChI=1S/C12H16O3/c1-12(11(14)15,8-5-9-13)10-6-3-2-4-7-10/h2-4,6-7,13H,5,8-9H2,1H3,(H,14,15). The Balaban J connectivity index is 2.96. The average Bonchev–Trinajstić information content (AvgIpc) is 2.27. The molecule has 0 saturated carbocycles. The van der Waals surface area contributed by atoms with Gasteiger partial charge in [-0.25, -0.2) is 0 Å². The number of aliphatic carboxylic acids is 1. The zero-order chi connectivity index (χ0) is 11.3. The second-order valence-corrected chi connectivity index (χ2v) is 3.83. The van der Waals surface area contributed by atoms with Crippen LogP contribution in [0.1, 0.15) is 25.3 Å². The molecule has 1 atom stereocenters. The van der Waals surface area contributed by atoms with Gasteiger partial charge in [-0.3, -0.25) is 4.79 Å². The third-order valence-electron chi connectivity index (χ3n) is 2.72. The SMILES string of the molecule is CC(CCCO)(C(=O)O)c1ccccc1. The van der Waals surface area contributed by atoms with Gasteiger partial charge in [-0.15, -0.1) is 0 Å². The molecule has 0 aliphatic heterocycles. The van der Waals surface area contributed by atoms with Gasteiger partial charge >= 0.3 is 5.97 Å². The summed E-state index contributed by atoms with van der Waals surface area (Å²) >= 11 is 0. The number of carbonyl (C=O) groups is 1. The lowest BCUT2D eigenvalue weighted by atomic mass is 9.79. The minimum atomic E-state index is -0.899. The van der Waals surface area contributed by atoms with E-state index in [1.165, 1.54) is 0 Å². The maximum atomic E-state index is 11.2. The molecule has 0 aliphatic rings. The van der Waals surface area contributed by atoms with Crippen molar-refractivity contribution in [2.24, 2.45) is 0 Å². The fraction of sp³-hybridized carbons (Fsp3) is 0.417. The monoisotopic (exact) mass is 208 g/mol. The predicted molar refractivity (Wildman–Crippen MR) is 57.7 cm³/mol. The van der Waals surface area contributed by atoms with Crippen LogP contribution in [0.25, 0.3) is 0 Å². The minimum Gasteiger partial charge on any atom is -0.481 e. The molecule has 0 aliphatic carbocycles. The fourth-order valence-electron chi connectivity index (χ4n) is 1.61. The lowest BCUT2D eigenvalue weighted by molar-refractivity contribution is -0.143. The van der Waals surface area contributed by atoms with Crippen molar-refractivity contribution in [3.63, 3.8) is 0 Å². The lowest BCUT2D eigenvalue weighted by Crippen LogP contribution is -2.32. The molecule has 0 heterocycles. The molecule has 0 saturated heterocycles. The molecule has 0 bridgehead atoms. The Morgan fingerprint density at radius 3 is 2.40 bits per heavy atom. The molecule has 1 rings (SSSR count). The van der Waals surface area contributed by atoms with Crippen molar-refractivity contribution in [2.45, 2.75) is 25.2 Å². The third kappa shape index (κ3) is 2.57. The van der Waals surface area contributed by atoms with E-state index in [9.17, 15) is 9.90 Å². The molecular formula is C12H16O3. The van der Waals surface area contributed by atoms with Crippen molar-refractivity contribution in [1.82, 2.24) is 0 Å². The van der Waals surface area contributed by atoms with Gasteiger partial charge in [-0.1, -0.05) is 30.3 Å². The summed E-state index contributed by atoms with van der Waals surface area (Å²) in [7, 11) is 0. The second kappa shape index (κ2) is 4.94. The third-order valence-corrected chi connectivity index (χ3v) is 2.72. The van der Waals surface area contributed by atoms with E-state index in [-0.39, 0.29) is 6.61 Å². The van der Waals surface area contributed by atoms with Crippen molar-refractivity contribution < 1.29 is 15.0 Å². The average molecular weight is 208 g/mol. The highest BCUT2D eigenvalue weighted by atomic mass is 16.4. The normalized spacial score (nSPS) is 14.5. The van der Waals surface area contributed by atoms with Gasteiger partial charge in [0, 0.05) is 6.61 Å². The maximum Gasteiger partial charge on any atom is 0.313 e. The maximum absolute atomic E-state index is 11.2. The van der Waals surface area contributed by atoms with Crippen LogP contribution in [-0.4, -0.2) is 22.8 Å². The molecular weight excluding hydrogens is 192 g/mol. The van der Waals surface area contributed by atoms with Gasteiger partial charge in [0.1, 0.15) is 0 Å². The van der Waals surface area contributed by atoms with Gasteiger partial charge in [0.15, 0.2) is 0 Å². The van der Waals surface area contributed by atoms with E-state index >= 15 is 0 Å². The zero-order valence-corrected chi connectivity index (χ0v) is 8.81. The van der Waals surface area contributed by atoms with E-state index in [0.717, 1.165) is 5.56 Å². The summed E-state index contributed by atoms with van der Waals surface area (Å²) < 4.78 is 0. The molecule has 1 aromatic rings. The number of carboxylic acid groups (broad SMARTS) is 1. The van der Waals surface area contributed by atoms with E-state index in [4.69, 9.17) is 5.11 Å². The number of hydrogen-bond donors (Lipinski definition) is 2. The van der Waals surface area contributed by atoms with Gasteiger partial charge in [0.05, 0.1) is 5.41 Å². The number of benzene rings is 1. The molecule has 0 amide bonds. The number of hydrogen-bond acceptors (Lipinski definition) is 2. The first-order chi connectivity index (χ1) is 7.11. The van der Waals surface area contributed by atoms with Crippen molar-refractivity contribution in [2.75, 3.05) is 6.61 Å². The summed E-state index contributed by atoms with van der Waals surface area (Å²) in [6.07, 6.45) is 0.945. The smallest absolute Gasteiger partial charge is 0.313 e. The van der Waals surface area contributed by atoms with Crippen molar-refractivity contribution in [1.29, 1.82) is 0 Å². The summed E-state index contributed by atoms with van der Waals surface area (Å²) in [5.41, 5.74) is -0.116. The lowest BCUT2D eigenvalue weighted by Gasteiger charge is -2.24. The van der Waals surface area contributed by atoms with E-state index in [2.05, 4.69) is 0 Å². The second-order valence-electron chi connectivity index (χ2n) is 3.83. The number of carboxylic acids is 1. The highest BCUT2D eigenvalue weighted by Gasteiger charge is 2.34. The molecule has 82 valence electrons. The Bertz CT molecular complexity index is 321. The van der Waals surface area contributed by atoms with E-state index in [1.807, 2.05) is 30.3 Å². The Morgan fingerprint density at radius 1 is 1.33 bits per heavy atom. The van der Waals surface area contributed by atoms with Gasteiger partial charge in [-0.2, -0.15) is 0 Å². The van der Waals surface area contributed by atoms with Crippen molar-refractivity contribution >= 4 is 5.97 Å². The Kier molecular flexibility index (Phi) is 3.86. The van der Waals surface area contributed by atoms with Crippen LogP contribution in [0, 0.1) is 0 Å². The Labute approximate surface area is 89.4 Å². The van der Waals surface area contributed by atoms with Crippen molar-refractivity contribution in [3.05, 3.63) is 35.9 Å². The highest BCUT2D eigenvalue weighted by molar-refractivity contribution is 5.80. The predicted octanol–water partition coefficient (Wildman–Crippen LogP) is 1.80. The summed E-state index contributed by atoms with van der Waals surface area (Å²) in [5.74, 6) is -0.845. The molecule has 1 unspecified atom stereocenters. The van der Waals surface area contributed by atoms with Crippen LogP contribution >= 0.6 is 0 Å². The van der Waals surface area contributed by atoms with Gasteiger partial charge in [0.25, 0.3) is 0 Å². The highest BCUT2D eigenvalue weighted by Crippen LogP contribution is 2.29. The molecule has 2 N–H and O–H groups in total. The molecule has 1 aromatic carbocycles. The number of rotatable bonds is 5. The molecule has 3 nitrogen and oxygen atoms in total. The van der Waals surface area contributed by atoms with Crippen LogP contribution in [0.3, 0.4) is 0 Å².